The fraction of sp³-hybridized carbons (Fsp3) is 0.682. The van der Waals surface area contributed by atoms with Crippen molar-refractivity contribution in [1.82, 2.24) is 15.5 Å². The highest BCUT2D eigenvalue weighted by Crippen LogP contribution is 2.49. The van der Waals surface area contributed by atoms with E-state index in [4.69, 9.17) is 4.74 Å². The van der Waals surface area contributed by atoms with Gasteiger partial charge in [0.1, 0.15) is 0 Å². The zero-order valence-electron chi connectivity index (χ0n) is 17.3. The van der Waals surface area contributed by atoms with Gasteiger partial charge in [0, 0.05) is 55.8 Å². The lowest BCUT2D eigenvalue weighted by Gasteiger charge is -2.34. The number of ether oxygens (including phenoxy) is 1. The average molecular weight is 577 g/mol. The molecule has 1 saturated carbocycles. The summed E-state index contributed by atoms with van der Waals surface area (Å²) in [7, 11) is 1.88. The number of hydrogen-bond donors (Lipinski definition) is 2. The maximum atomic E-state index is 5.52. The molecule has 29 heavy (non-hydrogen) atoms. The summed E-state index contributed by atoms with van der Waals surface area (Å²) in [6.45, 7) is 6.39. The van der Waals surface area contributed by atoms with E-state index in [1.165, 1.54) is 61.8 Å². The van der Waals surface area contributed by atoms with Crippen LogP contribution >= 0.6 is 39.9 Å². The molecule has 2 N–H and O–H groups in total. The Hall–Kier alpha value is -0.380. The second kappa shape index (κ2) is 10.8. The molecule has 1 aliphatic carbocycles. The molecule has 5 nitrogen and oxygen atoms in total. The molecule has 0 spiro atoms. The van der Waals surface area contributed by atoms with Crippen LogP contribution in [0.25, 0.3) is 0 Å². The lowest BCUT2D eigenvalue weighted by Crippen LogP contribution is -2.50. The molecule has 0 radical (unpaired) electrons. The molecule has 2 heterocycles. The quantitative estimate of drug-likeness (QED) is 0.308. The number of nitrogens with one attached hydrogen (secondary N) is 2. The number of aliphatic imine (C=N–C) groups is 1. The Kier molecular flexibility index (Phi) is 8.65. The SMILES string of the molecule is CN=C(NCC1(c2ccccc2Br)CC1)NC1CCN(CC2CCOC2)CC1.I. The molecule has 4 rings (SSSR count). The van der Waals surface area contributed by atoms with E-state index in [-0.39, 0.29) is 29.4 Å². The number of piperidine rings is 1. The molecule has 3 aliphatic rings. The predicted molar refractivity (Wildman–Crippen MR) is 133 cm³/mol. The normalized spacial score (nSPS) is 24.8. The van der Waals surface area contributed by atoms with Crippen molar-refractivity contribution in [2.45, 2.75) is 43.6 Å². The fourth-order valence-corrected chi connectivity index (χ4v) is 5.28. The van der Waals surface area contributed by atoms with Crippen LogP contribution < -0.4 is 10.6 Å². The first-order valence-corrected chi connectivity index (χ1v) is 11.5. The van der Waals surface area contributed by atoms with Gasteiger partial charge in [-0.15, -0.1) is 24.0 Å². The van der Waals surface area contributed by atoms with Crippen LogP contribution in [-0.2, 0) is 10.2 Å². The standard InChI is InChI=1S/C22H33BrN4O.HI/c1-24-21(25-16-22(9-10-22)19-4-2-3-5-20(19)23)26-18-6-11-27(12-7-18)14-17-8-13-28-15-17;/h2-5,17-18H,6-16H2,1H3,(H2,24,25,26);1H. The number of likely N-dealkylation sites (tertiary alicyclic amines) is 1. The second-order valence-corrected chi connectivity index (χ2v) is 9.49. The molecule has 0 aromatic heterocycles. The van der Waals surface area contributed by atoms with Crippen molar-refractivity contribution in [2.24, 2.45) is 10.9 Å². The Labute approximate surface area is 200 Å². The van der Waals surface area contributed by atoms with Crippen molar-refractivity contribution in [3.63, 3.8) is 0 Å². The number of hydrogen-bond acceptors (Lipinski definition) is 3. The van der Waals surface area contributed by atoms with Crippen LogP contribution in [0.15, 0.2) is 33.7 Å². The van der Waals surface area contributed by atoms with Gasteiger partial charge < -0.3 is 20.3 Å². The highest BCUT2D eigenvalue weighted by atomic mass is 127. The average Bonchev–Trinajstić information content (AvgIpc) is 3.33. The molecule has 2 aliphatic heterocycles. The first kappa shape index (κ1) is 23.3. The van der Waals surface area contributed by atoms with Crippen molar-refractivity contribution in [2.75, 3.05) is 46.4 Å². The zero-order valence-corrected chi connectivity index (χ0v) is 21.2. The molecule has 7 heteroatoms. The summed E-state index contributed by atoms with van der Waals surface area (Å²) in [5.74, 6) is 1.69. The summed E-state index contributed by atoms with van der Waals surface area (Å²) >= 11 is 3.73. The third-order valence-corrected chi connectivity index (χ3v) is 7.28. The maximum absolute atomic E-state index is 5.52. The van der Waals surface area contributed by atoms with Gasteiger partial charge in [-0.1, -0.05) is 34.1 Å². The van der Waals surface area contributed by atoms with Gasteiger partial charge in [-0.25, -0.2) is 0 Å². The molecule has 0 amide bonds. The van der Waals surface area contributed by atoms with Crippen molar-refractivity contribution >= 4 is 45.9 Å². The molecular formula is C22H34BrIN4O. The Balaban J connectivity index is 0.00000240. The summed E-state index contributed by atoms with van der Waals surface area (Å²) in [5.41, 5.74) is 1.67. The lowest BCUT2D eigenvalue weighted by molar-refractivity contribution is 0.150. The van der Waals surface area contributed by atoms with Gasteiger partial charge in [-0.3, -0.25) is 4.99 Å². The van der Waals surface area contributed by atoms with E-state index in [1.54, 1.807) is 0 Å². The number of halogens is 2. The molecule has 1 atom stereocenters. The minimum Gasteiger partial charge on any atom is -0.381 e. The Morgan fingerprint density at radius 2 is 2.00 bits per heavy atom. The third-order valence-electron chi connectivity index (χ3n) is 6.59. The Morgan fingerprint density at radius 1 is 1.24 bits per heavy atom. The van der Waals surface area contributed by atoms with Gasteiger partial charge in [0.15, 0.2) is 5.96 Å². The van der Waals surface area contributed by atoms with E-state index in [1.807, 2.05) is 7.05 Å². The van der Waals surface area contributed by atoms with Crippen molar-refractivity contribution in [3.05, 3.63) is 34.3 Å². The smallest absolute Gasteiger partial charge is 0.191 e. The highest BCUT2D eigenvalue weighted by Gasteiger charge is 2.45. The molecular weight excluding hydrogens is 543 g/mol. The molecule has 162 valence electrons. The summed E-state index contributed by atoms with van der Waals surface area (Å²) in [6, 6.07) is 9.14. The first-order valence-electron chi connectivity index (χ1n) is 10.7. The van der Waals surface area contributed by atoms with Gasteiger partial charge in [0.05, 0.1) is 6.61 Å². The van der Waals surface area contributed by atoms with Crippen LogP contribution in [0.1, 0.15) is 37.7 Å². The van der Waals surface area contributed by atoms with Crippen LogP contribution in [0.2, 0.25) is 0 Å². The van der Waals surface area contributed by atoms with Gasteiger partial charge >= 0.3 is 0 Å². The Bertz CT molecular complexity index is 683. The van der Waals surface area contributed by atoms with Gasteiger partial charge in [-0.2, -0.15) is 0 Å². The summed E-state index contributed by atoms with van der Waals surface area (Å²) in [4.78, 5) is 7.09. The minimum atomic E-state index is 0. The van der Waals surface area contributed by atoms with Crippen LogP contribution in [0, 0.1) is 5.92 Å². The largest absolute Gasteiger partial charge is 0.381 e. The summed E-state index contributed by atoms with van der Waals surface area (Å²) in [5, 5.41) is 7.27. The van der Waals surface area contributed by atoms with Crippen molar-refractivity contribution in [3.8, 4) is 0 Å². The number of guanidine groups is 1. The van der Waals surface area contributed by atoms with E-state index in [2.05, 4.69) is 60.7 Å². The predicted octanol–water partition coefficient (Wildman–Crippen LogP) is 3.76. The van der Waals surface area contributed by atoms with Crippen LogP contribution in [0.4, 0.5) is 0 Å². The van der Waals surface area contributed by atoms with Crippen LogP contribution in [-0.4, -0.2) is 63.3 Å². The maximum Gasteiger partial charge on any atom is 0.191 e. The molecule has 3 fully saturated rings. The molecule has 1 aromatic rings. The van der Waals surface area contributed by atoms with E-state index >= 15 is 0 Å². The van der Waals surface area contributed by atoms with Gasteiger partial charge in [0.25, 0.3) is 0 Å². The van der Waals surface area contributed by atoms with Crippen LogP contribution in [0.3, 0.4) is 0 Å². The van der Waals surface area contributed by atoms with E-state index in [0.29, 0.717) is 6.04 Å². The summed E-state index contributed by atoms with van der Waals surface area (Å²) in [6.07, 6.45) is 6.08. The fourth-order valence-electron chi connectivity index (χ4n) is 4.58. The lowest BCUT2D eigenvalue weighted by atomic mass is 9.96. The zero-order chi connectivity index (χ0) is 19.4. The topological polar surface area (TPSA) is 48.9 Å². The van der Waals surface area contributed by atoms with Gasteiger partial charge in [-0.05, 0) is 49.7 Å². The second-order valence-electron chi connectivity index (χ2n) is 8.63. The highest BCUT2D eigenvalue weighted by molar-refractivity contribution is 14.0. The van der Waals surface area contributed by atoms with Crippen molar-refractivity contribution < 1.29 is 4.74 Å². The Morgan fingerprint density at radius 3 is 2.62 bits per heavy atom. The molecule has 0 bridgehead atoms. The first-order chi connectivity index (χ1) is 13.7. The van der Waals surface area contributed by atoms with E-state index in [0.717, 1.165) is 31.6 Å². The van der Waals surface area contributed by atoms with Gasteiger partial charge in [0.2, 0.25) is 0 Å². The molecule has 2 saturated heterocycles. The van der Waals surface area contributed by atoms with Crippen LogP contribution in [0.5, 0.6) is 0 Å². The third kappa shape index (κ3) is 6.08. The van der Waals surface area contributed by atoms with E-state index in [9.17, 15) is 0 Å². The molecule has 1 unspecified atom stereocenters. The van der Waals surface area contributed by atoms with E-state index < -0.39 is 0 Å². The monoisotopic (exact) mass is 576 g/mol. The minimum absolute atomic E-state index is 0. The number of benzene rings is 1. The number of rotatable bonds is 6. The van der Waals surface area contributed by atoms with Crippen molar-refractivity contribution in [1.29, 1.82) is 0 Å². The summed E-state index contributed by atoms with van der Waals surface area (Å²) < 4.78 is 6.74. The molecule has 1 aromatic carbocycles. The number of nitrogens with zero attached hydrogens (tertiary/aromatic N) is 2.